The molecule has 21 heavy (non-hydrogen) atoms. The van der Waals surface area contributed by atoms with E-state index in [0.29, 0.717) is 16.7 Å². The largest absolute Gasteiger partial charge is 0.508 e. The average Bonchev–Trinajstić information content (AvgIpc) is 2.41. The van der Waals surface area contributed by atoms with E-state index in [0.717, 1.165) is 5.56 Å². The fourth-order valence-corrected chi connectivity index (χ4v) is 3.59. The third kappa shape index (κ3) is 2.49. The molecule has 2 aromatic rings. The summed E-state index contributed by atoms with van der Waals surface area (Å²) in [6.07, 6.45) is 0. The zero-order valence-corrected chi connectivity index (χ0v) is 13.2. The number of phenols is 2. The Bertz CT molecular complexity index is 797. The zero-order chi connectivity index (χ0) is 15.9. The number of aryl methyl sites for hydroxylation is 2. The summed E-state index contributed by atoms with van der Waals surface area (Å²) in [6.45, 7) is 6.91. The van der Waals surface area contributed by atoms with Gasteiger partial charge in [-0.25, -0.2) is 8.42 Å². The Hall–Kier alpha value is -2.01. The van der Waals surface area contributed by atoms with Crippen molar-refractivity contribution in [2.45, 2.75) is 37.5 Å². The minimum absolute atomic E-state index is 0.0262. The summed E-state index contributed by atoms with van der Waals surface area (Å²) >= 11 is 0. The van der Waals surface area contributed by atoms with Crippen LogP contribution in [0.3, 0.4) is 0 Å². The van der Waals surface area contributed by atoms with Crippen molar-refractivity contribution in [3.63, 3.8) is 0 Å². The van der Waals surface area contributed by atoms with Gasteiger partial charge < -0.3 is 10.2 Å². The number of sulfone groups is 1. The van der Waals surface area contributed by atoms with E-state index in [1.807, 2.05) is 0 Å². The van der Waals surface area contributed by atoms with Gasteiger partial charge in [0.15, 0.2) is 0 Å². The highest BCUT2D eigenvalue weighted by atomic mass is 32.2. The summed E-state index contributed by atoms with van der Waals surface area (Å²) in [7, 11) is -3.88. The summed E-state index contributed by atoms with van der Waals surface area (Å²) in [4.78, 5) is -0.171. The van der Waals surface area contributed by atoms with Gasteiger partial charge in [0, 0.05) is 0 Å². The first-order chi connectivity index (χ1) is 9.66. The molecule has 0 saturated heterocycles. The molecular weight excluding hydrogens is 288 g/mol. The molecular formula is C16H18O4S. The molecule has 2 N–H and O–H groups in total. The number of phenolic OH excluding ortho intramolecular Hbond substituents is 2. The molecule has 0 aromatic heterocycles. The Morgan fingerprint density at radius 1 is 0.857 bits per heavy atom. The highest BCUT2D eigenvalue weighted by Gasteiger charge is 2.24. The number of hydrogen-bond acceptors (Lipinski definition) is 4. The van der Waals surface area contributed by atoms with Gasteiger partial charge in [-0.3, -0.25) is 0 Å². The van der Waals surface area contributed by atoms with Crippen molar-refractivity contribution in [2.24, 2.45) is 0 Å². The predicted molar refractivity (Wildman–Crippen MR) is 80.6 cm³/mol. The van der Waals surface area contributed by atoms with Crippen LogP contribution in [0, 0.1) is 27.7 Å². The van der Waals surface area contributed by atoms with Gasteiger partial charge in [0.2, 0.25) is 9.84 Å². The van der Waals surface area contributed by atoms with Crippen molar-refractivity contribution in [3.05, 3.63) is 46.5 Å². The predicted octanol–water partition coefficient (Wildman–Crippen LogP) is 3.16. The summed E-state index contributed by atoms with van der Waals surface area (Å²) in [5.41, 5.74) is 2.66. The molecule has 2 rings (SSSR count). The maximum atomic E-state index is 12.7. The van der Waals surface area contributed by atoms with Crippen LogP contribution in [-0.2, 0) is 9.84 Å². The van der Waals surface area contributed by atoms with E-state index in [-0.39, 0.29) is 21.3 Å². The lowest BCUT2D eigenvalue weighted by Gasteiger charge is -2.12. The molecule has 0 atom stereocenters. The highest BCUT2D eigenvalue weighted by molar-refractivity contribution is 7.91. The Labute approximate surface area is 124 Å². The van der Waals surface area contributed by atoms with Crippen molar-refractivity contribution >= 4 is 9.84 Å². The Morgan fingerprint density at radius 3 is 2.05 bits per heavy atom. The van der Waals surface area contributed by atoms with Crippen LogP contribution in [0.25, 0.3) is 0 Å². The second-order valence-corrected chi connectivity index (χ2v) is 7.16. The molecule has 0 bridgehead atoms. The molecule has 0 spiro atoms. The molecule has 0 fully saturated rings. The van der Waals surface area contributed by atoms with Crippen LogP contribution in [0.15, 0.2) is 34.1 Å². The molecule has 0 unspecified atom stereocenters. The van der Waals surface area contributed by atoms with E-state index in [4.69, 9.17) is 0 Å². The molecule has 0 amide bonds. The molecule has 112 valence electrons. The molecule has 4 nitrogen and oxygen atoms in total. The van der Waals surface area contributed by atoms with E-state index < -0.39 is 9.84 Å². The van der Waals surface area contributed by atoms with E-state index >= 15 is 0 Å². The van der Waals surface area contributed by atoms with E-state index in [2.05, 4.69) is 0 Å². The number of aromatic hydroxyl groups is 2. The molecule has 0 aliphatic heterocycles. The average molecular weight is 306 g/mol. The van der Waals surface area contributed by atoms with Gasteiger partial charge in [-0.1, -0.05) is 6.07 Å². The monoisotopic (exact) mass is 306 g/mol. The Morgan fingerprint density at radius 2 is 1.48 bits per heavy atom. The van der Waals surface area contributed by atoms with Gasteiger partial charge in [0.1, 0.15) is 16.4 Å². The minimum Gasteiger partial charge on any atom is -0.508 e. The molecule has 2 aromatic carbocycles. The van der Waals surface area contributed by atoms with Crippen molar-refractivity contribution in [3.8, 4) is 11.5 Å². The van der Waals surface area contributed by atoms with Gasteiger partial charge in [0.25, 0.3) is 0 Å². The second kappa shape index (κ2) is 5.07. The van der Waals surface area contributed by atoms with Crippen molar-refractivity contribution in [2.75, 3.05) is 0 Å². The van der Waals surface area contributed by atoms with E-state index in [1.54, 1.807) is 33.8 Å². The van der Waals surface area contributed by atoms with E-state index in [9.17, 15) is 18.6 Å². The lowest BCUT2D eigenvalue weighted by Crippen LogP contribution is -2.04. The van der Waals surface area contributed by atoms with E-state index in [1.165, 1.54) is 18.2 Å². The number of benzene rings is 2. The van der Waals surface area contributed by atoms with Gasteiger partial charge in [-0.2, -0.15) is 0 Å². The molecule has 0 aliphatic carbocycles. The van der Waals surface area contributed by atoms with Crippen LogP contribution >= 0.6 is 0 Å². The maximum absolute atomic E-state index is 12.7. The van der Waals surface area contributed by atoms with Crippen molar-refractivity contribution < 1.29 is 18.6 Å². The first-order valence-corrected chi connectivity index (χ1v) is 7.99. The first-order valence-electron chi connectivity index (χ1n) is 6.50. The molecule has 0 aliphatic rings. The van der Waals surface area contributed by atoms with Crippen LogP contribution in [0.2, 0.25) is 0 Å². The lowest BCUT2D eigenvalue weighted by atomic mass is 10.1. The van der Waals surface area contributed by atoms with Crippen molar-refractivity contribution in [1.29, 1.82) is 0 Å². The highest BCUT2D eigenvalue weighted by Crippen LogP contribution is 2.35. The first kappa shape index (κ1) is 15.4. The standard InChI is InChI=1S/C16H18O4S/c1-9-5-6-15(16(18)12(9)4)21(19,20)13-7-10(2)11(3)14(17)8-13/h5-8,17-18H,1-4H3. The Balaban J connectivity index is 2.72. The third-order valence-corrected chi connectivity index (χ3v) is 5.64. The lowest BCUT2D eigenvalue weighted by molar-refractivity contribution is 0.453. The SMILES string of the molecule is Cc1cc(S(=O)(=O)c2ccc(C)c(C)c2O)cc(O)c1C. The Kier molecular flexibility index (Phi) is 3.72. The zero-order valence-electron chi connectivity index (χ0n) is 12.4. The summed E-state index contributed by atoms with van der Waals surface area (Å²) in [5.74, 6) is -0.315. The topological polar surface area (TPSA) is 74.6 Å². The van der Waals surface area contributed by atoms with Crippen LogP contribution in [0.5, 0.6) is 11.5 Å². The fourth-order valence-electron chi connectivity index (χ4n) is 2.08. The van der Waals surface area contributed by atoms with Gasteiger partial charge in [-0.05, 0) is 68.1 Å². The molecule has 0 heterocycles. The molecule has 0 saturated carbocycles. The second-order valence-electron chi connectivity index (χ2n) is 5.24. The van der Waals surface area contributed by atoms with Crippen LogP contribution in [-0.4, -0.2) is 18.6 Å². The number of hydrogen-bond donors (Lipinski definition) is 2. The number of rotatable bonds is 2. The summed E-state index contributed by atoms with van der Waals surface area (Å²) in [6, 6.07) is 5.76. The molecule has 5 heteroatoms. The quantitative estimate of drug-likeness (QED) is 0.893. The van der Waals surface area contributed by atoms with Crippen LogP contribution in [0.1, 0.15) is 22.3 Å². The van der Waals surface area contributed by atoms with Gasteiger partial charge in [0.05, 0.1) is 4.90 Å². The van der Waals surface area contributed by atoms with Crippen LogP contribution < -0.4 is 0 Å². The minimum atomic E-state index is -3.88. The summed E-state index contributed by atoms with van der Waals surface area (Å²) in [5, 5.41) is 20.0. The maximum Gasteiger partial charge on any atom is 0.210 e. The normalized spacial score (nSPS) is 11.6. The fraction of sp³-hybridized carbons (Fsp3) is 0.250. The summed E-state index contributed by atoms with van der Waals surface area (Å²) < 4.78 is 25.3. The van der Waals surface area contributed by atoms with Gasteiger partial charge in [-0.15, -0.1) is 0 Å². The molecule has 0 radical (unpaired) electrons. The smallest absolute Gasteiger partial charge is 0.210 e. The van der Waals surface area contributed by atoms with Crippen LogP contribution in [0.4, 0.5) is 0 Å². The van der Waals surface area contributed by atoms with Gasteiger partial charge >= 0.3 is 0 Å². The van der Waals surface area contributed by atoms with Crippen molar-refractivity contribution in [1.82, 2.24) is 0 Å². The third-order valence-electron chi connectivity index (χ3n) is 3.88.